The van der Waals surface area contributed by atoms with Crippen molar-refractivity contribution >= 4 is 29.1 Å². The van der Waals surface area contributed by atoms with Gasteiger partial charge in [0.1, 0.15) is 11.0 Å². The third-order valence-corrected chi connectivity index (χ3v) is 3.55. The number of esters is 1. The fourth-order valence-electron chi connectivity index (χ4n) is 0.817. The van der Waals surface area contributed by atoms with Gasteiger partial charge in [-0.1, -0.05) is 0 Å². The summed E-state index contributed by atoms with van der Waals surface area (Å²) in [5.74, 6) is 0.992. The summed E-state index contributed by atoms with van der Waals surface area (Å²) in [6.07, 6.45) is 1.76. The van der Waals surface area contributed by atoms with Gasteiger partial charge in [0.2, 0.25) is 0 Å². The maximum Gasteiger partial charge on any atom is 0.323 e. The van der Waals surface area contributed by atoms with Gasteiger partial charge in [-0.15, -0.1) is 11.3 Å². The number of rotatable bonds is 5. The smallest absolute Gasteiger partial charge is 0.323 e. The Morgan fingerprint density at radius 1 is 1.86 bits per heavy atom. The Kier molecular flexibility index (Phi) is 4.92. The fraction of sp³-hybridized carbons (Fsp3) is 0.500. The summed E-state index contributed by atoms with van der Waals surface area (Å²) in [7, 11) is 1.34. The van der Waals surface area contributed by atoms with E-state index in [2.05, 4.69) is 9.72 Å². The van der Waals surface area contributed by atoms with Crippen LogP contribution in [-0.2, 0) is 15.3 Å². The molecule has 6 heteroatoms. The number of carbonyl (C=O) groups is 1. The molecule has 2 N–H and O–H groups in total. The summed E-state index contributed by atoms with van der Waals surface area (Å²) in [6.45, 7) is 0. The van der Waals surface area contributed by atoms with E-state index in [1.54, 1.807) is 29.3 Å². The third-order valence-electron chi connectivity index (χ3n) is 1.51. The Labute approximate surface area is 90.9 Å². The van der Waals surface area contributed by atoms with E-state index in [0.717, 1.165) is 10.8 Å². The number of ether oxygens (including phenoxy) is 1. The molecule has 1 aromatic rings. The first kappa shape index (κ1) is 11.5. The van der Waals surface area contributed by atoms with Gasteiger partial charge in [0.15, 0.2) is 0 Å². The molecule has 0 spiro atoms. The first-order valence-corrected chi connectivity index (χ1v) is 6.07. The van der Waals surface area contributed by atoms with Gasteiger partial charge < -0.3 is 10.5 Å². The molecule has 1 atom stereocenters. The fourth-order valence-corrected chi connectivity index (χ4v) is 2.50. The van der Waals surface area contributed by atoms with Crippen molar-refractivity contribution in [2.24, 2.45) is 5.73 Å². The topological polar surface area (TPSA) is 65.2 Å². The van der Waals surface area contributed by atoms with Crippen molar-refractivity contribution in [3.63, 3.8) is 0 Å². The Bertz CT molecular complexity index is 277. The molecule has 1 aromatic heterocycles. The zero-order valence-corrected chi connectivity index (χ0v) is 9.44. The Morgan fingerprint density at radius 3 is 3.21 bits per heavy atom. The summed E-state index contributed by atoms with van der Waals surface area (Å²) < 4.78 is 4.51. The monoisotopic (exact) mass is 232 g/mol. The van der Waals surface area contributed by atoms with Crippen LogP contribution in [0.25, 0.3) is 0 Å². The standard InChI is InChI=1S/C8H12N2O2S2/c1-12-8(11)6(9)4-13-5-7-10-2-3-14-7/h2-3,6H,4-5,9H2,1H3. The zero-order chi connectivity index (χ0) is 10.4. The highest BCUT2D eigenvalue weighted by Gasteiger charge is 2.13. The Balaban J connectivity index is 2.18. The maximum absolute atomic E-state index is 10.9. The van der Waals surface area contributed by atoms with E-state index in [1.807, 2.05) is 5.38 Å². The Hall–Kier alpha value is -0.590. The molecule has 1 heterocycles. The minimum Gasteiger partial charge on any atom is -0.468 e. The van der Waals surface area contributed by atoms with Gasteiger partial charge in [0.05, 0.1) is 7.11 Å². The normalized spacial score (nSPS) is 12.4. The molecule has 0 saturated carbocycles. The van der Waals surface area contributed by atoms with Crippen LogP contribution in [0.3, 0.4) is 0 Å². The second kappa shape index (κ2) is 6.00. The molecule has 0 aliphatic rings. The van der Waals surface area contributed by atoms with Crippen LogP contribution in [0.1, 0.15) is 5.01 Å². The highest BCUT2D eigenvalue weighted by molar-refractivity contribution is 7.98. The quantitative estimate of drug-likeness (QED) is 0.763. The number of aromatic nitrogens is 1. The number of thioether (sulfide) groups is 1. The van der Waals surface area contributed by atoms with E-state index < -0.39 is 6.04 Å². The lowest BCUT2D eigenvalue weighted by Gasteiger charge is -2.07. The van der Waals surface area contributed by atoms with Crippen LogP contribution in [0.15, 0.2) is 11.6 Å². The zero-order valence-electron chi connectivity index (χ0n) is 7.80. The second-order valence-corrected chi connectivity index (χ2v) is 4.58. The largest absolute Gasteiger partial charge is 0.468 e. The number of hydrogen-bond acceptors (Lipinski definition) is 6. The SMILES string of the molecule is COC(=O)C(N)CSCc1nccs1. The van der Waals surface area contributed by atoms with E-state index in [4.69, 9.17) is 5.73 Å². The number of methoxy groups -OCH3 is 1. The van der Waals surface area contributed by atoms with Crippen molar-refractivity contribution in [2.45, 2.75) is 11.8 Å². The van der Waals surface area contributed by atoms with Gasteiger partial charge in [-0.05, 0) is 0 Å². The first-order chi connectivity index (χ1) is 6.74. The molecule has 0 aromatic carbocycles. The van der Waals surface area contributed by atoms with Crippen LogP contribution in [-0.4, -0.2) is 29.9 Å². The van der Waals surface area contributed by atoms with E-state index in [-0.39, 0.29) is 5.97 Å². The van der Waals surface area contributed by atoms with Crippen LogP contribution < -0.4 is 5.73 Å². The predicted molar refractivity (Wildman–Crippen MR) is 58.3 cm³/mol. The second-order valence-electron chi connectivity index (χ2n) is 2.57. The first-order valence-electron chi connectivity index (χ1n) is 4.03. The molecule has 0 fully saturated rings. The van der Waals surface area contributed by atoms with Crippen LogP contribution in [0, 0.1) is 0 Å². The summed E-state index contributed by atoms with van der Waals surface area (Å²) >= 11 is 3.18. The highest BCUT2D eigenvalue weighted by Crippen LogP contribution is 2.14. The lowest BCUT2D eigenvalue weighted by molar-refractivity contribution is -0.141. The molecule has 78 valence electrons. The highest BCUT2D eigenvalue weighted by atomic mass is 32.2. The van der Waals surface area contributed by atoms with E-state index in [0.29, 0.717) is 5.75 Å². The number of nitrogens with two attached hydrogens (primary N) is 1. The lowest BCUT2D eigenvalue weighted by atomic mass is 10.4. The molecule has 0 amide bonds. The average molecular weight is 232 g/mol. The van der Waals surface area contributed by atoms with Gasteiger partial charge in [-0.25, -0.2) is 4.98 Å². The molecule has 4 nitrogen and oxygen atoms in total. The molecule has 0 saturated heterocycles. The van der Waals surface area contributed by atoms with E-state index >= 15 is 0 Å². The Morgan fingerprint density at radius 2 is 2.64 bits per heavy atom. The number of hydrogen-bond donors (Lipinski definition) is 1. The van der Waals surface area contributed by atoms with Gasteiger partial charge >= 0.3 is 5.97 Å². The molecule has 0 aliphatic carbocycles. The summed E-state index contributed by atoms with van der Waals surface area (Å²) in [6, 6.07) is -0.537. The van der Waals surface area contributed by atoms with Crippen LogP contribution in [0.2, 0.25) is 0 Å². The summed E-state index contributed by atoms with van der Waals surface area (Å²) in [4.78, 5) is 15.0. The summed E-state index contributed by atoms with van der Waals surface area (Å²) in [5, 5.41) is 2.97. The van der Waals surface area contributed by atoms with Crippen molar-refractivity contribution in [1.82, 2.24) is 4.98 Å². The van der Waals surface area contributed by atoms with Crippen molar-refractivity contribution in [3.8, 4) is 0 Å². The molecule has 0 bridgehead atoms. The average Bonchev–Trinajstić information content (AvgIpc) is 2.69. The van der Waals surface area contributed by atoms with Crippen molar-refractivity contribution in [1.29, 1.82) is 0 Å². The molecule has 1 unspecified atom stereocenters. The van der Waals surface area contributed by atoms with Crippen molar-refractivity contribution < 1.29 is 9.53 Å². The molecule has 1 rings (SSSR count). The third kappa shape index (κ3) is 3.65. The van der Waals surface area contributed by atoms with Gasteiger partial charge in [0, 0.05) is 23.1 Å². The number of nitrogens with zero attached hydrogens (tertiary/aromatic N) is 1. The molecular formula is C8H12N2O2S2. The van der Waals surface area contributed by atoms with Crippen LogP contribution in [0.4, 0.5) is 0 Å². The minimum absolute atomic E-state index is 0.364. The van der Waals surface area contributed by atoms with Gasteiger partial charge in [-0.3, -0.25) is 4.79 Å². The van der Waals surface area contributed by atoms with Crippen molar-refractivity contribution in [2.75, 3.05) is 12.9 Å². The van der Waals surface area contributed by atoms with Crippen molar-refractivity contribution in [3.05, 3.63) is 16.6 Å². The van der Waals surface area contributed by atoms with Crippen LogP contribution >= 0.6 is 23.1 Å². The number of carbonyl (C=O) groups excluding carboxylic acids is 1. The summed E-state index contributed by atoms with van der Waals surface area (Å²) in [5.41, 5.74) is 5.55. The van der Waals surface area contributed by atoms with E-state index in [1.165, 1.54) is 7.11 Å². The molecular weight excluding hydrogens is 220 g/mol. The lowest BCUT2D eigenvalue weighted by Crippen LogP contribution is -2.33. The molecule has 0 aliphatic heterocycles. The predicted octanol–water partition coefficient (Wildman–Crippen LogP) is 0.877. The van der Waals surface area contributed by atoms with Crippen LogP contribution in [0.5, 0.6) is 0 Å². The van der Waals surface area contributed by atoms with Gasteiger partial charge in [-0.2, -0.15) is 11.8 Å². The van der Waals surface area contributed by atoms with Gasteiger partial charge in [0.25, 0.3) is 0 Å². The molecule has 14 heavy (non-hydrogen) atoms. The molecule has 0 radical (unpaired) electrons. The maximum atomic E-state index is 10.9. The number of thiazole rings is 1. The van der Waals surface area contributed by atoms with E-state index in [9.17, 15) is 4.79 Å². The minimum atomic E-state index is -0.537.